The van der Waals surface area contributed by atoms with Crippen molar-refractivity contribution in [1.82, 2.24) is 19.9 Å². The lowest BCUT2D eigenvalue weighted by molar-refractivity contribution is 0.941. The van der Waals surface area contributed by atoms with Crippen molar-refractivity contribution in [3.63, 3.8) is 0 Å². The molecule has 6 nitrogen and oxygen atoms in total. The second-order valence-electron chi connectivity index (χ2n) is 3.25. The van der Waals surface area contributed by atoms with Crippen molar-refractivity contribution in [2.75, 3.05) is 11.1 Å². The van der Waals surface area contributed by atoms with Crippen LogP contribution in [0.15, 0.2) is 24.5 Å². The van der Waals surface area contributed by atoms with Gasteiger partial charge in [0, 0.05) is 12.4 Å². The maximum atomic E-state index is 5.53. The molecule has 0 fully saturated rings. The van der Waals surface area contributed by atoms with Crippen molar-refractivity contribution < 1.29 is 0 Å². The van der Waals surface area contributed by atoms with E-state index in [9.17, 15) is 0 Å². The summed E-state index contributed by atoms with van der Waals surface area (Å²) in [4.78, 5) is 16.3. The highest BCUT2D eigenvalue weighted by Gasteiger charge is 1.98. The third kappa shape index (κ3) is 2.63. The van der Waals surface area contributed by atoms with Gasteiger partial charge >= 0.3 is 0 Å². The molecule has 0 aromatic carbocycles. The van der Waals surface area contributed by atoms with Gasteiger partial charge in [-0.15, -0.1) is 0 Å². The van der Waals surface area contributed by atoms with E-state index in [0.717, 1.165) is 11.5 Å². The van der Waals surface area contributed by atoms with Crippen LogP contribution in [0.3, 0.4) is 0 Å². The van der Waals surface area contributed by atoms with Gasteiger partial charge < -0.3 is 11.1 Å². The molecule has 2 rings (SSSR count). The van der Waals surface area contributed by atoms with Crippen LogP contribution in [0.4, 0.5) is 11.8 Å². The Bertz CT molecular complexity index is 439. The number of aryl methyl sites for hydroxylation is 1. The average molecular weight is 216 g/mol. The molecule has 0 bridgehead atoms. The van der Waals surface area contributed by atoms with E-state index >= 15 is 0 Å². The molecular formula is C10H12N6. The largest absolute Gasteiger partial charge is 0.384 e. The topological polar surface area (TPSA) is 89.6 Å². The Morgan fingerprint density at radius 1 is 1.19 bits per heavy atom. The summed E-state index contributed by atoms with van der Waals surface area (Å²) in [5, 5.41) is 3.04. The number of anilines is 2. The Morgan fingerprint density at radius 3 is 2.75 bits per heavy atom. The molecule has 2 aromatic rings. The Labute approximate surface area is 93.0 Å². The van der Waals surface area contributed by atoms with E-state index in [0.29, 0.717) is 18.3 Å². The first-order valence-corrected chi connectivity index (χ1v) is 4.85. The Balaban J connectivity index is 2.02. The monoisotopic (exact) mass is 216 g/mol. The van der Waals surface area contributed by atoms with Crippen LogP contribution in [0.2, 0.25) is 0 Å². The molecule has 0 spiro atoms. The van der Waals surface area contributed by atoms with Crippen LogP contribution >= 0.6 is 0 Å². The van der Waals surface area contributed by atoms with E-state index in [1.54, 1.807) is 18.5 Å². The number of nitrogens with one attached hydrogen (secondary N) is 1. The van der Waals surface area contributed by atoms with E-state index < -0.39 is 0 Å². The SMILES string of the molecule is Cc1nccc(CNc2nccc(N)n2)n1. The maximum Gasteiger partial charge on any atom is 0.224 e. The first-order chi connectivity index (χ1) is 7.74. The molecule has 6 heteroatoms. The maximum absolute atomic E-state index is 5.53. The van der Waals surface area contributed by atoms with Crippen molar-refractivity contribution in [3.05, 3.63) is 36.0 Å². The summed E-state index contributed by atoms with van der Waals surface area (Å²) >= 11 is 0. The van der Waals surface area contributed by atoms with Crippen molar-refractivity contribution in [1.29, 1.82) is 0 Å². The van der Waals surface area contributed by atoms with Gasteiger partial charge in [-0.25, -0.2) is 15.0 Å². The molecule has 0 unspecified atom stereocenters. The molecule has 82 valence electrons. The summed E-state index contributed by atoms with van der Waals surface area (Å²) in [5.41, 5.74) is 6.42. The minimum Gasteiger partial charge on any atom is -0.384 e. The zero-order chi connectivity index (χ0) is 11.4. The number of nitrogens with two attached hydrogens (primary N) is 1. The summed E-state index contributed by atoms with van der Waals surface area (Å²) < 4.78 is 0. The van der Waals surface area contributed by atoms with Crippen LogP contribution in [0, 0.1) is 6.92 Å². The minimum absolute atomic E-state index is 0.441. The van der Waals surface area contributed by atoms with E-state index in [1.807, 2.05) is 13.0 Å². The molecule has 0 radical (unpaired) electrons. The Kier molecular flexibility index (Phi) is 2.90. The highest BCUT2D eigenvalue weighted by molar-refractivity contribution is 5.35. The summed E-state index contributed by atoms with van der Waals surface area (Å²) in [5.74, 6) is 1.68. The summed E-state index contributed by atoms with van der Waals surface area (Å²) in [6.07, 6.45) is 3.33. The highest BCUT2D eigenvalue weighted by atomic mass is 15.1. The molecule has 0 saturated carbocycles. The zero-order valence-electron chi connectivity index (χ0n) is 8.88. The average Bonchev–Trinajstić information content (AvgIpc) is 2.27. The predicted molar refractivity (Wildman–Crippen MR) is 60.5 cm³/mol. The first-order valence-electron chi connectivity index (χ1n) is 4.85. The number of nitrogens with zero attached hydrogens (tertiary/aromatic N) is 4. The van der Waals surface area contributed by atoms with Gasteiger partial charge in [-0.3, -0.25) is 0 Å². The van der Waals surface area contributed by atoms with Crippen LogP contribution in [-0.4, -0.2) is 19.9 Å². The van der Waals surface area contributed by atoms with Crippen molar-refractivity contribution in [2.45, 2.75) is 13.5 Å². The van der Waals surface area contributed by atoms with Crippen LogP contribution in [-0.2, 0) is 6.54 Å². The normalized spacial score (nSPS) is 10.1. The lowest BCUT2D eigenvalue weighted by atomic mass is 10.4. The Morgan fingerprint density at radius 2 is 2.00 bits per heavy atom. The molecule has 0 saturated heterocycles. The van der Waals surface area contributed by atoms with Gasteiger partial charge in [0.15, 0.2) is 0 Å². The fourth-order valence-electron chi connectivity index (χ4n) is 1.23. The van der Waals surface area contributed by atoms with Gasteiger partial charge in [0.1, 0.15) is 11.6 Å². The van der Waals surface area contributed by atoms with Crippen molar-refractivity contribution >= 4 is 11.8 Å². The van der Waals surface area contributed by atoms with Gasteiger partial charge in [0.2, 0.25) is 5.95 Å². The third-order valence-electron chi connectivity index (χ3n) is 1.94. The number of hydrogen-bond donors (Lipinski definition) is 2. The number of nitrogen functional groups attached to an aromatic ring is 1. The highest BCUT2D eigenvalue weighted by Crippen LogP contribution is 2.03. The van der Waals surface area contributed by atoms with Crippen molar-refractivity contribution in [2.24, 2.45) is 0 Å². The summed E-state index contributed by atoms with van der Waals surface area (Å²) in [7, 11) is 0. The van der Waals surface area contributed by atoms with Gasteiger partial charge in [0.05, 0.1) is 12.2 Å². The molecule has 2 heterocycles. The van der Waals surface area contributed by atoms with Crippen LogP contribution in [0.1, 0.15) is 11.5 Å². The van der Waals surface area contributed by atoms with Crippen LogP contribution in [0.25, 0.3) is 0 Å². The predicted octanol–water partition coefficient (Wildman–Crippen LogP) is 0.769. The van der Waals surface area contributed by atoms with Gasteiger partial charge in [-0.1, -0.05) is 0 Å². The molecule has 0 aliphatic heterocycles. The Hall–Kier alpha value is -2.24. The second-order valence-corrected chi connectivity index (χ2v) is 3.25. The van der Waals surface area contributed by atoms with Crippen LogP contribution < -0.4 is 11.1 Å². The molecular weight excluding hydrogens is 204 g/mol. The molecule has 0 aliphatic rings. The molecule has 3 N–H and O–H groups in total. The van der Waals surface area contributed by atoms with E-state index in [2.05, 4.69) is 25.3 Å². The summed E-state index contributed by atoms with van der Waals surface area (Å²) in [6, 6.07) is 3.48. The van der Waals surface area contributed by atoms with Crippen LogP contribution in [0.5, 0.6) is 0 Å². The zero-order valence-corrected chi connectivity index (χ0v) is 8.88. The molecule has 0 amide bonds. The lowest BCUT2D eigenvalue weighted by Crippen LogP contribution is -2.06. The molecule has 0 aliphatic carbocycles. The minimum atomic E-state index is 0.441. The standard InChI is InChI=1S/C10H12N6/c1-7-12-4-2-8(15-7)6-14-10-13-5-3-9(11)16-10/h2-5H,6H2,1H3,(H3,11,13,14,16). The first kappa shape index (κ1) is 10.3. The van der Waals surface area contributed by atoms with E-state index in [-0.39, 0.29) is 0 Å². The smallest absolute Gasteiger partial charge is 0.224 e. The lowest BCUT2D eigenvalue weighted by Gasteiger charge is -2.04. The van der Waals surface area contributed by atoms with Crippen molar-refractivity contribution in [3.8, 4) is 0 Å². The fraction of sp³-hybridized carbons (Fsp3) is 0.200. The number of hydrogen-bond acceptors (Lipinski definition) is 6. The number of aromatic nitrogens is 4. The second kappa shape index (κ2) is 4.52. The molecule has 16 heavy (non-hydrogen) atoms. The molecule has 2 aromatic heterocycles. The quantitative estimate of drug-likeness (QED) is 0.787. The van der Waals surface area contributed by atoms with Gasteiger partial charge in [-0.2, -0.15) is 4.98 Å². The summed E-state index contributed by atoms with van der Waals surface area (Å²) in [6.45, 7) is 2.40. The van der Waals surface area contributed by atoms with E-state index in [4.69, 9.17) is 5.73 Å². The molecule has 0 atom stereocenters. The van der Waals surface area contributed by atoms with Gasteiger partial charge in [-0.05, 0) is 19.1 Å². The number of rotatable bonds is 3. The van der Waals surface area contributed by atoms with Gasteiger partial charge in [0.25, 0.3) is 0 Å². The van der Waals surface area contributed by atoms with E-state index in [1.165, 1.54) is 0 Å². The third-order valence-corrected chi connectivity index (χ3v) is 1.94. The fourth-order valence-corrected chi connectivity index (χ4v) is 1.23.